The molecule has 1 unspecified atom stereocenters. The van der Waals surface area contributed by atoms with Crippen molar-refractivity contribution in [3.05, 3.63) is 12.4 Å². The summed E-state index contributed by atoms with van der Waals surface area (Å²) in [7, 11) is -0.422. The molecule has 10 heteroatoms. The summed E-state index contributed by atoms with van der Waals surface area (Å²) in [6.07, 6.45) is 6.84. The standard InChI is InChI=1S/C25H41BN4O5/c1-23(2,3)33-22(32)29-12-8-9-18(16-29)21(31)28-13-10-20(11-14-28)30-17-19(15-27-30)26-34-24(4,5)25(6,7)35-26/h15,17-18,20H,8-14,16H2,1-7H3. The molecule has 0 radical (unpaired) electrons. The zero-order chi connectivity index (χ0) is 25.6. The van der Waals surface area contributed by atoms with Crippen molar-refractivity contribution in [2.75, 3.05) is 26.2 Å². The van der Waals surface area contributed by atoms with Crippen LogP contribution in [0.1, 0.15) is 80.2 Å². The molecule has 4 heterocycles. The molecule has 0 spiro atoms. The molecule has 3 fully saturated rings. The smallest absolute Gasteiger partial charge is 0.444 e. The summed E-state index contributed by atoms with van der Waals surface area (Å²) in [5.74, 6) is -0.0115. The van der Waals surface area contributed by atoms with Crippen LogP contribution in [0.5, 0.6) is 0 Å². The van der Waals surface area contributed by atoms with Crippen LogP contribution in [0, 0.1) is 5.92 Å². The van der Waals surface area contributed by atoms with Crippen LogP contribution in [0.2, 0.25) is 0 Å². The van der Waals surface area contributed by atoms with Gasteiger partial charge in [-0.3, -0.25) is 9.48 Å². The normalized spacial score (nSPS) is 25.1. The summed E-state index contributed by atoms with van der Waals surface area (Å²) in [5.41, 5.74) is -0.385. The van der Waals surface area contributed by atoms with E-state index in [1.165, 1.54) is 0 Å². The van der Waals surface area contributed by atoms with Crippen molar-refractivity contribution in [1.29, 1.82) is 0 Å². The lowest BCUT2D eigenvalue weighted by molar-refractivity contribution is -0.138. The van der Waals surface area contributed by atoms with Crippen molar-refractivity contribution in [2.24, 2.45) is 5.92 Å². The molecule has 0 aliphatic carbocycles. The van der Waals surface area contributed by atoms with Gasteiger partial charge in [0.2, 0.25) is 5.91 Å². The molecule has 35 heavy (non-hydrogen) atoms. The first-order valence-electron chi connectivity index (χ1n) is 12.9. The summed E-state index contributed by atoms with van der Waals surface area (Å²) in [4.78, 5) is 29.4. The third-order valence-electron chi connectivity index (χ3n) is 7.72. The predicted molar refractivity (Wildman–Crippen MR) is 133 cm³/mol. The first kappa shape index (κ1) is 26.0. The Kier molecular flexibility index (Phi) is 7.01. The van der Waals surface area contributed by atoms with E-state index in [1.54, 1.807) is 4.90 Å². The van der Waals surface area contributed by atoms with E-state index in [9.17, 15) is 9.59 Å². The molecular weight excluding hydrogens is 447 g/mol. The molecule has 3 aliphatic heterocycles. The maximum Gasteiger partial charge on any atom is 0.498 e. The molecule has 4 rings (SSSR count). The summed E-state index contributed by atoms with van der Waals surface area (Å²) in [6, 6.07) is 0.236. The second kappa shape index (κ2) is 9.43. The number of hydrogen-bond donors (Lipinski definition) is 0. The van der Waals surface area contributed by atoms with E-state index in [0.717, 1.165) is 31.1 Å². The summed E-state index contributed by atoms with van der Waals surface area (Å²) in [5, 5.41) is 4.59. The Balaban J connectivity index is 1.30. The number of rotatable bonds is 3. The van der Waals surface area contributed by atoms with Crippen LogP contribution in [0.25, 0.3) is 0 Å². The Morgan fingerprint density at radius 2 is 1.66 bits per heavy atom. The fraction of sp³-hybridized carbons (Fsp3) is 0.800. The molecule has 194 valence electrons. The first-order chi connectivity index (χ1) is 16.3. The number of piperidine rings is 2. The van der Waals surface area contributed by atoms with E-state index in [-0.39, 0.29) is 35.2 Å². The topological polar surface area (TPSA) is 86.1 Å². The highest BCUT2D eigenvalue weighted by Gasteiger charge is 2.52. The zero-order valence-corrected chi connectivity index (χ0v) is 22.4. The molecule has 0 aromatic carbocycles. The van der Waals surface area contributed by atoms with Crippen molar-refractivity contribution in [2.45, 2.75) is 97.0 Å². The van der Waals surface area contributed by atoms with Gasteiger partial charge < -0.3 is 23.8 Å². The van der Waals surface area contributed by atoms with E-state index >= 15 is 0 Å². The highest BCUT2D eigenvalue weighted by molar-refractivity contribution is 6.62. The molecule has 3 saturated heterocycles. The fourth-order valence-corrected chi connectivity index (χ4v) is 4.93. The maximum atomic E-state index is 13.2. The van der Waals surface area contributed by atoms with E-state index < -0.39 is 12.7 Å². The van der Waals surface area contributed by atoms with Gasteiger partial charge >= 0.3 is 13.2 Å². The van der Waals surface area contributed by atoms with Gasteiger partial charge in [0.25, 0.3) is 0 Å². The Morgan fingerprint density at radius 1 is 1.03 bits per heavy atom. The highest BCUT2D eigenvalue weighted by atomic mass is 16.7. The molecule has 1 atom stereocenters. The lowest BCUT2D eigenvalue weighted by Gasteiger charge is -2.38. The predicted octanol–water partition coefficient (Wildman–Crippen LogP) is 2.99. The van der Waals surface area contributed by atoms with Crippen LogP contribution in [0.15, 0.2) is 12.4 Å². The molecule has 0 N–H and O–H groups in total. The van der Waals surface area contributed by atoms with E-state index in [0.29, 0.717) is 26.2 Å². The van der Waals surface area contributed by atoms with Gasteiger partial charge in [-0.25, -0.2) is 4.79 Å². The number of ether oxygens (including phenoxy) is 1. The molecule has 2 amide bonds. The van der Waals surface area contributed by atoms with Crippen molar-refractivity contribution >= 4 is 24.6 Å². The minimum Gasteiger partial charge on any atom is -0.444 e. The highest BCUT2D eigenvalue weighted by Crippen LogP contribution is 2.36. The molecule has 1 aromatic rings. The first-order valence-corrected chi connectivity index (χ1v) is 12.9. The molecular formula is C25H41BN4O5. The van der Waals surface area contributed by atoms with Crippen LogP contribution in [0.3, 0.4) is 0 Å². The number of nitrogens with zero attached hydrogens (tertiary/aromatic N) is 4. The SMILES string of the molecule is CC(C)(C)OC(=O)N1CCCC(C(=O)N2CCC(n3cc(B4OC(C)(C)C(C)(C)O4)cn3)CC2)C1. The average Bonchev–Trinajstić information content (AvgIpc) is 3.35. The zero-order valence-electron chi connectivity index (χ0n) is 22.4. The average molecular weight is 488 g/mol. The minimum absolute atomic E-state index is 0.148. The van der Waals surface area contributed by atoms with E-state index in [2.05, 4.69) is 5.10 Å². The fourth-order valence-electron chi connectivity index (χ4n) is 4.93. The number of likely N-dealkylation sites (tertiary alicyclic amines) is 2. The Bertz CT molecular complexity index is 917. The largest absolute Gasteiger partial charge is 0.498 e. The number of amides is 2. The summed E-state index contributed by atoms with van der Waals surface area (Å²) < 4.78 is 19.8. The van der Waals surface area contributed by atoms with Crippen LogP contribution < -0.4 is 5.46 Å². The molecule has 9 nitrogen and oxygen atoms in total. The Hall–Kier alpha value is -2.07. The van der Waals surface area contributed by atoms with Crippen LogP contribution >= 0.6 is 0 Å². The third kappa shape index (κ3) is 5.69. The van der Waals surface area contributed by atoms with E-state index in [1.807, 2.05) is 70.4 Å². The van der Waals surface area contributed by atoms with Gasteiger partial charge in [-0.15, -0.1) is 0 Å². The lowest BCUT2D eigenvalue weighted by atomic mass is 9.82. The quantitative estimate of drug-likeness (QED) is 0.609. The number of carbonyl (C=O) groups is 2. The van der Waals surface area contributed by atoms with E-state index in [4.69, 9.17) is 14.0 Å². The molecule has 0 bridgehead atoms. The minimum atomic E-state index is -0.537. The Morgan fingerprint density at radius 3 is 2.26 bits per heavy atom. The van der Waals surface area contributed by atoms with Gasteiger partial charge in [-0.2, -0.15) is 5.10 Å². The van der Waals surface area contributed by atoms with Gasteiger partial charge in [0.1, 0.15) is 5.60 Å². The van der Waals surface area contributed by atoms with Crippen LogP contribution in [0.4, 0.5) is 4.79 Å². The van der Waals surface area contributed by atoms with Crippen molar-refractivity contribution in [1.82, 2.24) is 19.6 Å². The molecule has 0 saturated carbocycles. The molecule has 1 aromatic heterocycles. The van der Waals surface area contributed by atoms with Gasteiger partial charge in [0, 0.05) is 44.0 Å². The van der Waals surface area contributed by atoms with Crippen LogP contribution in [-0.2, 0) is 18.8 Å². The van der Waals surface area contributed by atoms with Crippen molar-refractivity contribution < 1.29 is 23.6 Å². The van der Waals surface area contributed by atoms with Gasteiger partial charge in [-0.1, -0.05) is 0 Å². The summed E-state index contributed by atoms with van der Waals surface area (Å²) >= 11 is 0. The third-order valence-corrected chi connectivity index (χ3v) is 7.72. The van der Waals surface area contributed by atoms with Crippen molar-refractivity contribution in [3.63, 3.8) is 0 Å². The number of hydrogen-bond acceptors (Lipinski definition) is 6. The van der Waals surface area contributed by atoms with Gasteiger partial charge in [0.15, 0.2) is 0 Å². The second-order valence-electron chi connectivity index (χ2n) is 12.2. The summed E-state index contributed by atoms with van der Waals surface area (Å²) in [6.45, 7) is 16.2. The maximum absolute atomic E-state index is 13.2. The van der Waals surface area contributed by atoms with Crippen LogP contribution in [-0.4, -0.2) is 81.7 Å². The van der Waals surface area contributed by atoms with Gasteiger partial charge in [0.05, 0.1) is 23.2 Å². The number of aromatic nitrogens is 2. The Labute approximate surface area is 209 Å². The lowest BCUT2D eigenvalue weighted by Crippen LogP contribution is -2.49. The molecule has 3 aliphatic rings. The number of carbonyl (C=O) groups excluding carboxylic acids is 2. The van der Waals surface area contributed by atoms with Gasteiger partial charge in [-0.05, 0) is 74.1 Å². The monoisotopic (exact) mass is 488 g/mol. The van der Waals surface area contributed by atoms with Crippen molar-refractivity contribution in [3.8, 4) is 0 Å². The second-order valence-corrected chi connectivity index (χ2v) is 12.2.